The first-order valence-electron chi connectivity index (χ1n) is 8.87. The molecule has 3 heterocycles. The lowest BCUT2D eigenvalue weighted by Gasteiger charge is -2.20. The highest BCUT2D eigenvalue weighted by Crippen LogP contribution is 2.26. The number of nitrogens with one attached hydrogen (secondary N) is 1. The van der Waals surface area contributed by atoms with Crippen LogP contribution in [-0.2, 0) is 11.2 Å². The summed E-state index contributed by atoms with van der Waals surface area (Å²) >= 11 is 3.67. The van der Waals surface area contributed by atoms with Gasteiger partial charge in [0.2, 0.25) is 5.84 Å². The lowest BCUT2D eigenvalue weighted by Crippen LogP contribution is -3.36. The van der Waals surface area contributed by atoms with Gasteiger partial charge < -0.3 is 11.1 Å². The van der Waals surface area contributed by atoms with E-state index in [1.807, 2.05) is 44.8 Å². The highest BCUT2D eigenvalue weighted by Gasteiger charge is 2.30. The second-order valence-corrected chi connectivity index (χ2v) is 8.38. The standard InChI is InChI=1S/C20H18IN5OS/c21-11-15(10-13-3-5-14(6-4-13)20-24-8-9-28-20)18(22)26-12-17(27)25-16-2-1-7-23-19(16)26/h1-9,15,21-22H,10-12H2/p+2. The van der Waals surface area contributed by atoms with E-state index in [9.17, 15) is 4.79 Å². The van der Waals surface area contributed by atoms with Crippen molar-refractivity contribution in [3.8, 4) is 10.6 Å². The van der Waals surface area contributed by atoms with Gasteiger partial charge in [-0.3, -0.25) is 4.79 Å². The summed E-state index contributed by atoms with van der Waals surface area (Å²) < 4.78 is 2.73. The average Bonchev–Trinajstić information content (AvgIpc) is 3.26. The molecule has 28 heavy (non-hydrogen) atoms. The van der Waals surface area contributed by atoms with Crippen LogP contribution in [-0.4, -0.2) is 37.3 Å². The van der Waals surface area contributed by atoms with Crippen molar-refractivity contribution >= 4 is 34.6 Å². The van der Waals surface area contributed by atoms with Crippen molar-refractivity contribution in [3.05, 3.63) is 59.7 Å². The number of hydrogen-bond acceptors (Lipinski definition) is 4. The predicted molar refractivity (Wildman–Crippen MR) is 108 cm³/mol. The van der Waals surface area contributed by atoms with Crippen LogP contribution < -0.4 is 33.6 Å². The predicted octanol–water partition coefficient (Wildman–Crippen LogP) is -0.697. The molecule has 1 aliphatic heterocycles. The van der Waals surface area contributed by atoms with E-state index in [1.54, 1.807) is 23.6 Å². The Morgan fingerprint density at radius 3 is 2.79 bits per heavy atom. The quantitative estimate of drug-likeness (QED) is 0.208. The molecule has 1 atom stereocenters. The lowest BCUT2D eigenvalue weighted by atomic mass is 9.99. The van der Waals surface area contributed by atoms with E-state index in [1.165, 1.54) is 5.56 Å². The van der Waals surface area contributed by atoms with Gasteiger partial charge >= 0.3 is 0 Å². The Labute approximate surface area is 180 Å². The van der Waals surface area contributed by atoms with Gasteiger partial charge in [0.15, 0.2) is 11.0 Å². The monoisotopic (exact) mass is 505 g/mol. The van der Waals surface area contributed by atoms with Crippen molar-refractivity contribution in [2.24, 2.45) is 11.7 Å². The van der Waals surface area contributed by atoms with Crippen molar-refractivity contribution in [2.45, 2.75) is 6.42 Å². The molecule has 2 aromatic heterocycles. The number of nitrogens with zero attached hydrogens (tertiary/aromatic N) is 3. The largest absolute Gasteiger partial charge is 0.322 e. The van der Waals surface area contributed by atoms with Crippen LogP contribution >= 0.6 is 11.3 Å². The van der Waals surface area contributed by atoms with Crippen LogP contribution in [0.25, 0.3) is 10.6 Å². The molecule has 0 spiro atoms. The van der Waals surface area contributed by atoms with E-state index >= 15 is 0 Å². The summed E-state index contributed by atoms with van der Waals surface area (Å²) in [5.74, 6) is 1.44. The number of fused-ring (bicyclic) bond motifs is 1. The van der Waals surface area contributed by atoms with Crippen LogP contribution in [0.5, 0.6) is 0 Å². The summed E-state index contributed by atoms with van der Waals surface area (Å²) in [6.07, 6.45) is 4.34. The first-order chi connectivity index (χ1) is 13.7. The Morgan fingerprint density at radius 1 is 1.25 bits per heavy atom. The number of thiazole rings is 1. The molecule has 0 aliphatic carbocycles. The van der Waals surface area contributed by atoms with Crippen LogP contribution in [0.15, 0.2) is 54.2 Å². The van der Waals surface area contributed by atoms with Gasteiger partial charge in [0.05, 0.1) is 5.92 Å². The fourth-order valence-corrected chi connectivity index (χ4v) is 4.70. The number of rotatable bonds is 5. The summed E-state index contributed by atoms with van der Waals surface area (Å²) in [5.41, 5.74) is 9.58. The van der Waals surface area contributed by atoms with Gasteiger partial charge in [0.1, 0.15) is 16.9 Å². The fraction of sp³-hybridized carbons (Fsp3) is 0.200. The zero-order valence-electron chi connectivity index (χ0n) is 15.0. The maximum absolute atomic E-state index is 12.1. The third-order valence-corrected chi connectivity index (χ3v) is 6.64. The van der Waals surface area contributed by atoms with Crippen molar-refractivity contribution in [1.82, 2.24) is 9.97 Å². The Balaban J connectivity index is 1.60. The van der Waals surface area contributed by atoms with Crippen LogP contribution in [0.3, 0.4) is 0 Å². The lowest BCUT2D eigenvalue weighted by molar-refractivity contribution is -0.441. The topological polar surface area (TPSA) is 83.9 Å². The van der Waals surface area contributed by atoms with E-state index in [0.29, 0.717) is 17.3 Å². The van der Waals surface area contributed by atoms with E-state index in [-0.39, 0.29) is 18.4 Å². The van der Waals surface area contributed by atoms with Crippen LogP contribution in [0, 0.1) is 5.92 Å². The molecule has 3 N–H and O–H groups in total. The number of alkyl halides is 1. The normalized spacial score (nSPS) is 16.2. The van der Waals surface area contributed by atoms with Crippen molar-refractivity contribution in [3.63, 3.8) is 0 Å². The molecule has 0 bridgehead atoms. The molecule has 3 aromatic rings. The SMILES string of the molecule is N/C(C(C[IH+])Cc1ccc(-c2nccs2)cc1)=[N+]1\CC(=O)Nc2cccnc21. The number of benzene rings is 1. The summed E-state index contributed by atoms with van der Waals surface area (Å²) in [4.78, 5) is 20.9. The number of carbonyl (C=O) groups excluding carboxylic acids is 1. The molecule has 0 saturated heterocycles. The highest BCUT2D eigenvalue weighted by atomic mass is 127. The van der Waals surface area contributed by atoms with Crippen LogP contribution in [0.4, 0.5) is 11.5 Å². The number of nitrogens with two attached hydrogens (primary N) is 1. The number of carbonyl (C=O) groups is 1. The molecule has 1 aromatic carbocycles. The van der Waals surface area contributed by atoms with Gasteiger partial charge in [0, 0.05) is 17.1 Å². The molecule has 1 amide bonds. The molecule has 0 fully saturated rings. The summed E-state index contributed by atoms with van der Waals surface area (Å²) in [6, 6.07) is 12.1. The minimum absolute atomic E-state index is 0.0769. The Bertz CT molecular complexity index is 1020. The van der Waals surface area contributed by atoms with E-state index in [4.69, 9.17) is 5.73 Å². The van der Waals surface area contributed by atoms with Crippen LogP contribution in [0.1, 0.15) is 5.56 Å². The molecule has 6 nitrogen and oxygen atoms in total. The number of halogens is 1. The van der Waals surface area contributed by atoms with Gasteiger partial charge in [-0.15, -0.1) is 16.3 Å². The first-order valence-corrected chi connectivity index (χ1v) is 11.4. The molecule has 142 valence electrons. The molecule has 1 aliphatic rings. The highest BCUT2D eigenvalue weighted by molar-refractivity contribution is 7.13. The zero-order valence-corrected chi connectivity index (χ0v) is 18.2. The third-order valence-electron chi connectivity index (χ3n) is 4.66. The number of amidine groups is 1. The molecule has 0 radical (unpaired) electrons. The number of aromatic nitrogens is 2. The zero-order chi connectivity index (χ0) is 19.5. The number of pyridine rings is 1. The smallest absolute Gasteiger partial charge is 0.286 e. The maximum atomic E-state index is 12.1. The van der Waals surface area contributed by atoms with Crippen LogP contribution in [0.2, 0.25) is 0 Å². The first kappa shape index (κ1) is 19.0. The molecular weight excluding hydrogens is 485 g/mol. The summed E-state index contributed by atoms with van der Waals surface area (Å²) in [7, 11) is 0. The number of amides is 1. The molecular formula is C20H20IN5OS+2. The Kier molecular flexibility index (Phi) is 5.67. The van der Waals surface area contributed by atoms with E-state index in [0.717, 1.165) is 21.4 Å². The molecule has 4 rings (SSSR count). The minimum atomic E-state index is -0.0769. The summed E-state index contributed by atoms with van der Waals surface area (Å²) in [6.45, 7) is 0.191. The molecule has 8 heteroatoms. The van der Waals surface area contributed by atoms with Crippen molar-refractivity contribution in [2.75, 3.05) is 16.3 Å². The maximum Gasteiger partial charge on any atom is 0.286 e. The summed E-state index contributed by atoms with van der Waals surface area (Å²) in [5, 5.41) is 5.85. The number of anilines is 1. The Morgan fingerprint density at radius 2 is 2.07 bits per heavy atom. The van der Waals surface area contributed by atoms with Gasteiger partial charge in [-0.25, -0.2) is 9.56 Å². The van der Waals surface area contributed by atoms with Gasteiger partial charge in [0.25, 0.3) is 34.3 Å². The van der Waals surface area contributed by atoms with Gasteiger partial charge in [-0.1, -0.05) is 24.3 Å². The van der Waals surface area contributed by atoms with E-state index < -0.39 is 0 Å². The fourth-order valence-electron chi connectivity index (χ4n) is 3.23. The van der Waals surface area contributed by atoms with Gasteiger partial charge in [-0.05, 0) is 24.1 Å². The van der Waals surface area contributed by atoms with Crippen molar-refractivity contribution < 1.29 is 32.0 Å². The second-order valence-electron chi connectivity index (χ2n) is 6.54. The van der Waals surface area contributed by atoms with Gasteiger partial charge in [-0.2, -0.15) is 0 Å². The minimum Gasteiger partial charge on any atom is -0.322 e. The van der Waals surface area contributed by atoms with E-state index in [2.05, 4.69) is 39.6 Å². The molecule has 1 unspecified atom stereocenters. The Hall–Kier alpha value is -2.33. The second kappa shape index (κ2) is 8.36. The molecule has 0 saturated carbocycles. The van der Waals surface area contributed by atoms with Crippen molar-refractivity contribution in [1.29, 1.82) is 0 Å². The number of hydrogen-bond donors (Lipinski definition) is 2. The average molecular weight is 505 g/mol. The third kappa shape index (κ3) is 3.93.